The summed E-state index contributed by atoms with van der Waals surface area (Å²) in [6.07, 6.45) is 3.68. The van der Waals surface area contributed by atoms with E-state index in [2.05, 4.69) is 123 Å². The van der Waals surface area contributed by atoms with Gasteiger partial charge in [0.15, 0.2) is 0 Å². The molecular formula is C41H23N5. The highest BCUT2D eigenvalue weighted by atomic mass is 15.2. The van der Waals surface area contributed by atoms with Crippen LogP contribution in [0.1, 0.15) is 0 Å². The van der Waals surface area contributed by atoms with Crippen molar-refractivity contribution in [2.75, 3.05) is 0 Å². The molecule has 0 aliphatic rings. The zero-order valence-corrected chi connectivity index (χ0v) is 24.5. The van der Waals surface area contributed by atoms with Gasteiger partial charge in [-0.15, -0.1) is 0 Å². The van der Waals surface area contributed by atoms with Crippen molar-refractivity contribution in [3.05, 3.63) is 140 Å². The molecule has 0 N–H and O–H groups in total. The molecule has 5 heteroatoms. The summed E-state index contributed by atoms with van der Waals surface area (Å²) >= 11 is 0. The van der Waals surface area contributed by atoms with Crippen LogP contribution in [0.15, 0.2) is 140 Å². The molecule has 46 heavy (non-hydrogen) atoms. The van der Waals surface area contributed by atoms with Crippen LogP contribution in [0.3, 0.4) is 0 Å². The molecule has 0 atom stereocenters. The molecule has 5 nitrogen and oxygen atoms in total. The third-order valence-corrected chi connectivity index (χ3v) is 9.72. The lowest BCUT2D eigenvalue weighted by Gasteiger charge is -2.11. The van der Waals surface area contributed by atoms with Gasteiger partial charge in [-0.2, -0.15) is 0 Å². The first-order valence-electron chi connectivity index (χ1n) is 15.5. The number of hydrogen-bond donors (Lipinski definition) is 0. The lowest BCUT2D eigenvalue weighted by molar-refractivity contribution is 1.01. The fourth-order valence-electron chi connectivity index (χ4n) is 7.88. The molecule has 212 valence electrons. The number of aromatic nitrogens is 5. The summed E-state index contributed by atoms with van der Waals surface area (Å²) in [4.78, 5) is 15.0. The summed E-state index contributed by atoms with van der Waals surface area (Å²) in [6, 6.07) is 45.4. The van der Waals surface area contributed by atoms with Crippen LogP contribution >= 0.6 is 0 Å². The van der Waals surface area contributed by atoms with E-state index in [-0.39, 0.29) is 0 Å². The summed E-state index contributed by atoms with van der Waals surface area (Å²) < 4.78 is 4.74. The van der Waals surface area contributed by atoms with Gasteiger partial charge in [-0.1, -0.05) is 84.9 Å². The first-order valence-corrected chi connectivity index (χ1v) is 15.5. The normalized spacial score (nSPS) is 12.3. The lowest BCUT2D eigenvalue weighted by Crippen LogP contribution is -2.03. The van der Waals surface area contributed by atoms with E-state index in [0.717, 1.165) is 33.2 Å². The number of nitrogens with zero attached hydrogens (tertiary/aromatic N) is 5. The number of benzene rings is 6. The Kier molecular flexibility index (Phi) is 4.52. The van der Waals surface area contributed by atoms with E-state index in [1.807, 2.05) is 24.4 Å². The molecule has 6 aromatic carbocycles. The van der Waals surface area contributed by atoms with Gasteiger partial charge in [0.25, 0.3) is 0 Å². The van der Waals surface area contributed by atoms with Gasteiger partial charge in [0.1, 0.15) is 0 Å². The van der Waals surface area contributed by atoms with Crippen molar-refractivity contribution in [1.82, 2.24) is 23.9 Å². The number of pyridine rings is 1. The quantitative estimate of drug-likeness (QED) is 0.203. The van der Waals surface area contributed by atoms with Gasteiger partial charge in [-0.3, -0.25) is 9.55 Å². The Morgan fingerprint density at radius 2 is 1.22 bits per heavy atom. The second-order valence-electron chi connectivity index (χ2n) is 12.1. The fraction of sp³-hybridized carbons (Fsp3) is 0. The molecule has 0 radical (unpaired) electrons. The highest BCUT2D eigenvalue weighted by molar-refractivity contribution is 6.38. The SMILES string of the molecule is c1cncc(-c2nc(-n3c4ccccc4c4c5c6c7ccccc7ccc6n6c7ccccc7c(cc43)c56)nc3ccccc23)c1. The second-order valence-corrected chi connectivity index (χ2v) is 12.1. The third kappa shape index (κ3) is 2.97. The molecule has 11 rings (SSSR count). The Morgan fingerprint density at radius 1 is 0.478 bits per heavy atom. The Hall–Kier alpha value is -6.33. The van der Waals surface area contributed by atoms with Crippen molar-refractivity contribution in [1.29, 1.82) is 0 Å². The monoisotopic (exact) mass is 585 g/mol. The van der Waals surface area contributed by atoms with Crippen molar-refractivity contribution in [2.24, 2.45) is 0 Å². The second kappa shape index (κ2) is 8.65. The maximum atomic E-state index is 5.31. The van der Waals surface area contributed by atoms with E-state index in [9.17, 15) is 0 Å². The van der Waals surface area contributed by atoms with E-state index in [4.69, 9.17) is 9.97 Å². The van der Waals surface area contributed by atoms with Gasteiger partial charge < -0.3 is 4.40 Å². The van der Waals surface area contributed by atoms with Gasteiger partial charge in [-0.25, -0.2) is 9.97 Å². The maximum Gasteiger partial charge on any atom is 0.235 e. The van der Waals surface area contributed by atoms with Crippen LogP contribution in [0, 0.1) is 0 Å². The number of hydrogen-bond acceptors (Lipinski definition) is 3. The minimum absolute atomic E-state index is 0.648. The Morgan fingerprint density at radius 3 is 2.09 bits per heavy atom. The van der Waals surface area contributed by atoms with E-state index in [1.165, 1.54) is 59.6 Å². The topological polar surface area (TPSA) is 48.0 Å². The minimum atomic E-state index is 0.648. The van der Waals surface area contributed by atoms with E-state index < -0.39 is 0 Å². The largest absolute Gasteiger partial charge is 0.308 e. The van der Waals surface area contributed by atoms with Crippen LogP contribution in [-0.4, -0.2) is 23.9 Å². The maximum absolute atomic E-state index is 5.31. The third-order valence-electron chi connectivity index (χ3n) is 9.72. The average Bonchev–Trinajstić information content (AvgIpc) is 3.76. The van der Waals surface area contributed by atoms with Crippen molar-refractivity contribution in [3.63, 3.8) is 0 Å². The van der Waals surface area contributed by atoms with Gasteiger partial charge >= 0.3 is 0 Å². The summed E-state index contributed by atoms with van der Waals surface area (Å²) in [5.74, 6) is 0.648. The average molecular weight is 586 g/mol. The Labute approximate surface area is 261 Å². The van der Waals surface area contributed by atoms with Crippen LogP contribution in [0.5, 0.6) is 0 Å². The molecule has 0 bridgehead atoms. The van der Waals surface area contributed by atoms with Crippen LogP contribution in [0.25, 0.3) is 98.8 Å². The van der Waals surface area contributed by atoms with Crippen LogP contribution < -0.4 is 0 Å². The van der Waals surface area contributed by atoms with E-state index in [1.54, 1.807) is 6.20 Å². The molecule has 0 aliphatic heterocycles. The van der Waals surface area contributed by atoms with Crippen LogP contribution in [0.4, 0.5) is 0 Å². The van der Waals surface area contributed by atoms with Gasteiger partial charge in [0, 0.05) is 55.7 Å². The van der Waals surface area contributed by atoms with Gasteiger partial charge in [0.2, 0.25) is 5.95 Å². The molecule has 5 heterocycles. The molecular weight excluding hydrogens is 562 g/mol. The summed E-state index contributed by atoms with van der Waals surface area (Å²) in [7, 11) is 0. The zero-order chi connectivity index (χ0) is 29.9. The molecule has 0 saturated carbocycles. The van der Waals surface area contributed by atoms with Crippen LogP contribution in [-0.2, 0) is 0 Å². The summed E-state index contributed by atoms with van der Waals surface area (Å²) in [5.41, 5.74) is 8.63. The molecule has 11 aromatic rings. The Bertz CT molecular complexity index is 3020. The first-order chi connectivity index (χ1) is 22.8. The van der Waals surface area contributed by atoms with E-state index >= 15 is 0 Å². The van der Waals surface area contributed by atoms with Gasteiger partial charge in [-0.05, 0) is 53.2 Å². The smallest absolute Gasteiger partial charge is 0.235 e. The molecule has 0 amide bonds. The van der Waals surface area contributed by atoms with Crippen molar-refractivity contribution in [2.45, 2.75) is 0 Å². The molecule has 0 unspecified atom stereocenters. The van der Waals surface area contributed by atoms with E-state index in [0.29, 0.717) is 5.95 Å². The van der Waals surface area contributed by atoms with Crippen molar-refractivity contribution >= 4 is 81.6 Å². The predicted octanol–water partition coefficient (Wildman–Crippen LogP) is 10.1. The minimum Gasteiger partial charge on any atom is -0.308 e. The highest BCUT2D eigenvalue weighted by Gasteiger charge is 2.26. The zero-order valence-electron chi connectivity index (χ0n) is 24.5. The summed E-state index contributed by atoms with van der Waals surface area (Å²) in [6.45, 7) is 0. The molecule has 0 fully saturated rings. The summed E-state index contributed by atoms with van der Waals surface area (Å²) in [5, 5.41) is 11.0. The highest BCUT2D eigenvalue weighted by Crippen LogP contribution is 2.48. The first kappa shape index (κ1) is 24.0. The molecule has 0 saturated heterocycles. The van der Waals surface area contributed by atoms with Crippen LogP contribution in [0.2, 0.25) is 0 Å². The standard InChI is InChI=1S/C41H23N5/c1-2-12-26-24(10-1)19-20-34-36(26)38-37-29-15-5-8-18-33(29)46(35(37)22-30-27-13-4-7-17-32(27)45(34)40(30)38)41-43-31-16-6-3-14-28(31)39(44-41)25-11-9-21-42-23-25/h1-23H. The fourth-order valence-corrected chi connectivity index (χ4v) is 7.88. The number of rotatable bonds is 2. The number of fused-ring (bicyclic) bond motifs is 13. The lowest BCUT2D eigenvalue weighted by atomic mass is 9.98. The Balaban J connectivity index is 1.40. The number of para-hydroxylation sites is 3. The molecule has 5 aromatic heterocycles. The van der Waals surface area contributed by atoms with Crippen molar-refractivity contribution < 1.29 is 0 Å². The van der Waals surface area contributed by atoms with Gasteiger partial charge in [0.05, 0.1) is 38.8 Å². The molecule has 0 spiro atoms. The van der Waals surface area contributed by atoms with Crippen molar-refractivity contribution in [3.8, 4) is 17.2 Å². The predicted molar refractivity (Wildman–Crippen MR) is 189 cm³/mol. The molecule has 0 aliphatic carbocycles.